The first kappa shape index (κ1) is 13.8. The molecule has 1 aromatic heterocycles. The number of halogens is 1. The Labute approximate surface area is 117 Å². The molecule has 0 spiro atoms. The zero-order chi connectivity index (χ0) is 13.7. The summed E-state index contributed by atoms with van der Waals surface area (Å²) >= 11 is 2.50. The molecule has 8 heteroatoms. The van der Waals surface area contributed by atoms with Gasteiger partial charge in [0.2, 0.25) is 10.3 Å². The Morgan fingerprint density at radius 1 is 1.47 bits per heavy atom. The molecule has 0 saturated heterocycles. The smallest absolute Gasteiger partial charge is 0.321 e. The Balaban J connectivity index is 1.86. The van der Waals surface area contributed by atoms with Gasteiger partial charge >= 0.3 is 6.03 Å². The number of benzene rings is 1. The van der Waals surface area contributed by atoms with Crippen molar-refractivity contribution in [2.24, 2.45) is 0 Å². The van der Waals surface area contributed by atoms with Crippen molar-refractivity contribution in [1.29, 1.82) is 0 Å². The number of hydrogen-bond donors (Lipinski definition) is 2. The van der Waals surface area contributed by atoms with E-state index in [0.29, 0.717) is 15.9 Å². The lowest BCUT2D eigenvalue weighted by atomic mass is 10.2. The lowest BCUT2D eigenvalue weighted by molar-refractivity contribution is 0.251. The molecule has 2 N–H and O–H groups in total. The van der Waals surface area contributed by atoms with Crippen LogP contribution in [0.5, 0.6) is 0 Å². The average molecular weight is 298 g/mol. The molecule has 2 rings (SSSR count). The number of carbonyl (C=O) groups excluding carboxylic acids is 1. The minimum absolute atomic E-state index is 0.118. The largest absolute Gasteiger partial charge is 0.334 e. The monoisotopic (exact) mass is 298 g/mol. The van der Waals surface area contributed by atoms with E-state index in [2.05, 4.69) is 20.0 Å². The number of nitrogens with one attached hydrogen (secondary N) is 2. The summed E-state index contributed by atoms with van der Waals surface area (Å²) in [6, 6.07) is 5.85. The third-order valence-corrected chi connectivity index (χ3v) is 3.50. The first-order valence-electron chi connectivity index (χ1n) is 5.35. The van der Waals surface area contributed by atoms with Crippen molar-refractivity contribution in [3.05, 3.63) is 35.6 Å². The van der Waals surface area contributed by atoms with Crippen LogP contribution in [0.25, 0.3) is 0 Å². The highest BCUT2D eigenvalue weighted by Gasteiger charge is 2.08. The standard InChI is InChI=1S/C11H11FN4OS2/c1-18-11-15-10(19-16-11)14-9(17)13-6-7-4-2-3-5-8(7)12/h2-5H,6H2,1H3,(H2,13,14,15,16,17). The van der Waals surface area contributed by atoms with Crippen LogP contribution >= 0.6 is 23.3 Å². The second-order valence-corrected chi connectivity index (χ2v) is 5.01. The van der Waals surface area contributed by atoms with E-state index in [1.807, 2.05) is 6.26 Å². The summed E-state index contributed by atoms with van der Waals surface area (Å²) in [4.78, 5) is 15.6. The molecule has 0 bridgehead atoms. The van der Waals surface area contributed by atoms with Crippen LogP contribution in [0.1, 0.15) is 5.56 Å². The summed E-state index contributed by atoms with van der Waals surface area (Å²) < 4.78 is 17.3. The minimum Gasteiger partial charge on any atom is -0.334 e. The van der Waals surface area contributed by atoms with Gasteiger partial charge in [0.15, 0.2) is 0 Å². The third-order valence-electron chi connectivity index (χ3n) is 2.21. The molecule has 2 amide bonds. The van der Waals surface area contributed by atoms with Gasteiger partial charge in [-0.3, -0.25) is 5.32 Å². The Morgan fingerprint density at radius 2 is 2.26 bits per heavy atom. The highest BCUT2D eigenvalue weighted by molar-refractivity contribution is 7.98. The van der Waals surface area contributed by atoms with Crippen molar-refractivity contribution in [3.8, 4) is 0 Å². The highest BCUT2D eigenvalue weighted by Crippen LogP contribution is 2.17. The topological polar surface area (TPSA) is 66.9 Å². The van der Waals surface area contributed by atoms with Crippen molar-refractivity contribution < 1.29 is 9.18 Å². The summed E-state index contributed by atoms with van der Waals surface area (Å²) in [7, 11) is 0. The Hall–Kier alpha value is -1.67. The van der Waals surface area contributed by atoms with Crippen molar-refractivity contribution in [2.45, 2.75) is 11.7 Å². The van der Waals surface area contributed by atoms with Gasteiger partial charge in [-0.05, 0) is 12.3 Å². The fraction of sp³-hybridized carbons (Fsp3) is 0.182. The van der Waals surface area contributed by atoms with Gasteiger partial charge in [-0.2, -0.15) is 9.36 Å². The third kappa shape index (κ3) is 3.90. The predicted molar refractivity (Wildman–Crippen MR) is 73.9 cm³/mol. The van der Waals surface area contributed by atoms with Gasteiger partial charge < -0.3 is 5.32 Å². The summed E-state index contributed by atoms with van der Waals surface area (Å²) in [5.74, 6) is -0.344. The molecule has 1 heterocycles. The van der Waals surface area contributed by atoms with Crippen LogP contribution in [0.15, 0.2) is 29.4 Å². The minimum atomic E-state index is -0.438. The van der Waals surface area contributed by atoms with Crippen LogP contribution < -0.4 is 10.6 Å². The number of aromatic nitrogens is 2. The van der Waals surface area contributed by atoms with Crippen molar-refractivity contribution in [3.63, 3.8) is 0 Å². The van der Waals surface area contributed by atoms with E-state index in [-0.39, 0.29) is 12.4 Å². The molecule has 1 aromatic carbocycles. The molecule has 2 aromatic rings. The van der Waals surface area contributed by atoms with Gasteiger partial charge in [0.1, 0.15) is 5.82 Å². The maximum atomic E-state index is 13.3. The summed E-state index contributed by atoms with van der Waals surface area (Å²) in [6.07, 6.45) is 1.85. The predicted octanol–water partition coefficient (Wildman–Crippen LogP) is 2.72. The number of amides is 2. The molecule has 0 atom stereocenters. The van der Waals surface area contributed by atoms with Crippen molar-refractivity contribution >= 4 is 34.5 Å². The molecule has 5 nitrogen and oxygen atoms in total. The number of anilines is 1. The first-order chi connectivity index (χ1) is 9.19. The Morgan fingerprint density at radius 3 is 2.95 bits per heavy atom. The zero-order valence-electron chi connectivity index (χ0n) is 10.0. The molecule has 0 aliphatic carbocycles. The van der Waals surface area contributed by atoms with E-state index < -0.39 is 6.03 Å². The van der Waals surface area contributed by atoms with Gasteiger partial charge in [0, 0.05) is 23.6 Å². The Bertz CT molecular complexity index is 575. The second kappa shape index (κ2) is 6.48. The quantitative estimate of drug-likeness (QED) is 0.852. The van der Waals surface area contributed by atoms with Gasteiger partial charge in [-0.15, -0.1) is 0 Å². The van der Waals surface area contributed by atoms with Gasteiger partial charge in [0.25, 0.3) is 0 Å². The molecule has 100 valence electrons. The molecular formula is C11H11FN4OS2. The van der Waals surface area contributed by atoms with Crippen LogP contribution in [0, 0.1) is 5.82 Å². The SMILES string of the molecule is CSc1nsc(NC(=O)NCc2ccccc2F)n1. The Kier molecular flexibility index (Phi) is 4.69. The maximum absolute atomic E-state index is 13.3. The van der Waals surface area contributed by atoms with E-state index in [0.717, 1.165) is 11.5 Å². The number of rotatable bonds is 4. The van der Waals surface area contributed by atoms with Crippen LogP contribution in [-0.4, -0.2) is 21.6 Å². The zero-order valence-corrected chi connectivity index (χ0v) is 11.6. The van der Waals surface area contributed by atoms with E-state index in [9.17, 15) is 9.18 Å². The van der Waals surface area contributed by atoms with Crippen molar-refractivity contribution in [2.75, 3.05) is 11.6 Å². The number of carbonyl (C=O) groups is 1. The van der Waals surface area contributed by atoms with Crippen LogP contribution in [0.2, 0.25) is 0 Å². The summed E-state index contributed by atoms with van der Waals surface area (Å²) in [6.45, 7) is 0.118. The molecular weight excluding hydrogens is 287 g/mol. The average Bonchev–Trinajstić information content (AvgIpc) is 2.85. The van der Waals surface area contributed by atoms with E-state index in [4.69, 9.17) is 0 Å². The van der Waals surface area contributed by atoms with Crippen LogP contribution in [0.4, 0.5) is 14.3 Å². The molecule has 0 radical (unpaired) electrons. The number of thioether (sulfide) groups is 1. The second-order valence-electron chi connectivity index (χ2n) is 3.49. The van der Waals surface area contributed by atoms with E-state index in [1.54, 1.807) is 18.2 Å². The molecule has 0 aliphatic heterocycles. The van der Waals surface area contributed by atoms with E-state index in [1.165, 1.54) is 17.8 Å². The van der Waals surface area contributed by atoms with Gasteiger partial charge in [0.05, 0.1) is 0 Å². The van der Waals surface area contributed by atoms with Crippen LogP contribution in [-0.2, 0) is 6.54 Å². The summed E-state index contributed by atoms with van der Waals surface area (Å²) in [5, 5.41) is 6.12. The van der Waals surface area contributed by atoms with Crippen molar-refractivity contribution in [1.82, 2.24) is 14.7 Å². The van der Waals surface area contributed by atoms with Gasteiger partial charge in [-0.25, -0.2) is 9.18 Å². The molecule has 0 saturated carbocycles. The van der Waals surface area contributed by atoms with Crippen LogP contribution in [0.3, 0.4) is 0 Å². The number of hydrogen-bond acceptors (Lipinski definition) is 5. The molecule has 0 aliphatic rings. The first-order valence-corrected chi connectivity index (χ1v) is 7.35. The fourth-order valence-electron chi connectivity index (χ4n) is 1.30. The maximum Gasteiger partial charge on any atom is 0.321 e. The molecule has 0 fully saturated rings. The highest BCUT2D eigenvalue weighted by atomic mass is 32.2. The number of nitrogens with zero attached hydrogens (tertiary/aromatic N) is 2. The van der Waals surface area contributed by atoms with Gasteiger partial charge in [-0.1, -0.05) is 30.0 Å². The molecule has 19 heavy (non-hydrogen) atoms. The number of urea groups is 1. The lowest BCUT2D eigenvalue weighted by Gasteiger charge is -2.05. The summed E-state index contributed by atoms with van der Waals surface area (Å²) in [5.41, 5.74) is 0.430. The molecule has 0 unspecified atom stereocenters. The van der Waals surface area contributed by atoms with E-state index >= 15 is 0 Å². The lowest BCUT2D eigenvalue weighted by Crippen LogP contribution is -2.28. The normalized spacial score (nSPS) is 10.2. The fourth-order valence-corrected chi connectivity index (χ4v) is 2.42.